The summed E-state index contributed by atoms with van der Waals surface area (Å²) in [6, 6.07) is 11.6. The molecule has 0 radical (unpaired) electrons. The summed E-state index contributed by atoms with van der Waals surface area (Å²) in [6.45, 7) is 3.95. The van der Waals surface area contributed by atoms with Crippen molar-refractivity contribution in [3.63, 3.8) is 0 Å². The summed E-state index contributed by atoms with van der Waals surface area (Å²) in [7, 11) is -2.30. The molecular formula is C25H30F3N5O3S. The number of halogens is 3. The van der Waals surface area contributed by atoms with Crippen molar-refractivity contribution in [2.75, 3.05) is 42.9 Å². The molecule has 2 aromatic carbocycles. The van der Waals surface area contributed by atoms with Crippen molar-refractivity contribution in [3.05, 3.63) is 63.9 Å². The lowest BCUT2D eigenvalue weighted by Crippen LogP contribution is -2.50. The molecular weight excluding hydrogens is 507 g/mol. The van der Waals surface area contributed by atoms with Gasteiger partial charge in [-0.05, 0) is 54.6 Å². The van der Waals surface area contributed by atoms with Crippen molar-refractivity contribution >= 4 is 32.3 Å². The Kier molecular flexibility index (Phi) is 7.28. The van der Waals surface area contributed by atoms with Gasteiger partial charge in [-0.15, -0.1) is 0 Å². The Hall–Kier alpha value is -3.09. The lowest BCUT2D eigenvalue weighted by atomic mass is 9.97. The average molecular weight is 538 g/mol. The number of primary sulfonamides is 1. The van der Waals surface area contributed by atoms with E-state index in [9.17, 15) is 26.4 Å². The largest absolute Gasteiger partial charge is 0.401 e. The monoisotopic (exact) mass is 537 g/mol. The molecule has 37 heavy (non-hydrogen) atoms. The molecule has 12 heteroatoms. The Labute approximate surface area is 213 Å². The number of benzene rings is 2. The minimum absolute atomic E-state index is 0.0351. The van der Waals surface area contributed by atoms with Gasteiger partial charge in [0.15, 0.2) is 0 Å². The van der Waals surface area contributed by atoms with Gasteiger partial charge in [-0.25, -0.2) is 13.6 Å². The first-order valence-electron chi connectivity index (χ1n) is 11.8. The second-order valence-electron chi connectivity index (χ2n) is 9.47. The van der Waals surface area contributed by atoms with Crippen LogP contribution in [0.2, 0.25) is 0 Å². The van der Waals surface area contributed by atoms with Crippen LogP contribution in [0.4, 0.5) is 24.7 Å². The van der Waals surface area contributed by atoms with E-state index in [4.69, 9.17) is 5.14 Å². The van der Waals surface area contributed by atoms with Crippen LogP contribution in [0.25, 0.3) is 10.8 Å². The maximum absolute atomic E-state index is 13.4. The average Bonchev–Trinajstić information content (AvgIpc) is 2.80. The molecule has 0 amide bonds. The molecule has 3 aromatic rings. The number of nitrogens with two attached hydrogens (primary N) is 1. The normalized spacial score (nSPS) is 16.2. The van der Waals surface area contributed by atoms with Crippen molar-refractivity contribution in [1.29, 1.82) is 0 Å². The second kappa shape index (κ2) is 9.99. The number of aryl methyl sites for hydroxylation is 1. The van der Waals surface area contributed by atoms with Gasteiger partial charge >= 0.3 is 6.18 Å². The molecule has 1 saturated heterocycles. The predicted octanol–water partition coefficient (Wildman–Crippen LogP) is 3.35. The van der Waals surface area contributed by atoms with Gasteiger partial charge in [0.05, 0.1) is 12.2 Å². The fourth-order valence-electron chi connectivity index (χ4n) is 4.87. The first-order chi connectivity index (χ1) is 17.2. The van der Waals surface area contributed by atoms with Crippen LogP contribution in [-0.2, 0) is 17.1 Å². The van der Waals surface area contributed by atoms with Gasteiger partial charge in [0.2, 0.25) is 10.0 Å². The summed E-state index contributed by atoms with van der Waals surface area (Å²) in [5.41, 5.74) is 1.78. The van der Waals surface area contributed by atoms with Crippen LogP contribution in [0.3, 0.4) is 0 Å². The Balaban J connectivity index is 1.72. The van der Waals surface area contributed by atoms with E-state index in [1.54, 1.807) is 31.3 Å². The number of hydrogen-bond donors (Lipinski definition) is 2. The van der Waals surface area contributed by atoms with Gasteiger partial charge in [0.1, 0.15) is 10.7 Å². The quantitative estimate of drug-likeness (QED) is 0.500. The molecule has 4 rings (SSSR count). The number of rotatable bonds is 6. The van der Waals surface area contributed by atoms with Crippen LogP contribution in [0.1, 0.15) is 24.1 Å². The van der Waals surface area contributed by atoms with Crippen molar-refractivity contribution in [2.45, 2.75) is 31.0 Å². The second-order valence-corrected chi connectivity index (χ2v) is 11.0. The van der Waals surface area contributed by atoms with Gasteiger partial charge < -0.3 is 10.2 Å². The van der Waals surface area contributed by atoms with E-state index in [1.807, 2.05) is 30.9 Å². The molecule has 0 bridgehead atoms. The number of sulfonamides is 1. The Bertz CT molecular complexity index is 1480. The van der Waals surface area contributed by atoms with Gasteiger partial charge in [-0.3, -0.25) is 14.3 Å². The fourth-order valence-corrected chi connectivity index (χ4v) is 5.57. The number of anilines is 2. The van der Waals surface area contributed by atoms with Crippen molar-refractivity contribution in [1.82, 2.24) is 9.47 Å². The summed E-state index contributed by atoms with van der Waals surface area (Å²) >= 11 is 0. The molecule has 1 atom stereocenters. The van der Waals surface area contributed by atoms with E-state index in [2.05, 4.69) is 5.32 Å². The third kappa shape index (κ3) is 5.91. The summed E-state index contributed by atoms with van der Waals surface area (Å²) in [5, 5.41) is 9.80. The highest BCUT2D eigenvalue weighted by Gasteiger charge is 2.32. The molecule has 3 N–H and O–H groups in total. The molecule has 1 aliphatic rings. The van der Waals surface area contributed by atoms with Crippen molar-refractivity contribution < 1.29 is 21.6 Å². The van der Waals surface area contributed by atoms with Gasteiger partial charge in [0.25, 0.3) is 5.56 Å². The Morgan fingerprint density at radius 2 is 1.70 bits per heavy atom. The van der Waals surface area contributed by atoms with Crippen LogP contribution in [0.5, 0.6) is 0 Å². The Morgan fingerprint density at radius 1 is 1.05 bits per heavy atom. The SMILES string of the molecule is Cc1cc([C@@H](C)Nc2ccccc2S(N)(=O)=O)c2cc(N3CCN(CC(F)(F)F)CC3)n(C)c(=O)c2c1. The lowest BCUT2D eigenvalue weighted by Gasteiger charge is -2.37. The predicted molar refractivity (Wildman–Crippen MR) is 138 cm³/mol. The van der Waals surface area contributed by atoms with E-state index in [1.165, 1.54) is 15.5 Å². The standard InChI is InChI=1S/C25H30F3N5O3S/c1-16-12-18(17(2)30-21-6-4-5-7-22(21)37(29,35)36)19-14-23(31(3)24(34)20(19)13-16)33-10-8-32(9-11-33)15-25(26,27)28/h4-7,12-14,17,30H,8-11,15H2,1-3H3,(H2,29,35,36)/t17-/m1/s1. The van der Waals surface area contributed by atoms with Crippen molar-refractivity contribution in [3.8, 4) is 0 Å². The van der Waals surface area contributed by atoms with Crippen LogP contribution in [0, 0.1) is 6.92 Å². The minimum Gasteiger partial charge on any atom is -0.377 e. The lowest BCUT2D eigenvalue weighted by molar-refractivity contribution is -0.146. The number of para-hydroxylation sites is 1. The van der Waals surface area contributed by atoms with Crippen LogP contribution in [0.15, 0.2) is 52.2 Å². The number of piperazine rings is 1. The molecule has 0 spiro atoms. The number of aromatic nitrogens is 1. The molecule has 0 aliphatic carbocycles. The van der Waals surface area contributed by atoms with Crippen LogP contribution >= 0.6 is 0 Å². The third-order valence-electron chi connectivity index (χ3n) is 6.64. The smallest absolute Gasteiger partial charge is 0.377 e. The zero-order chi connectivity index (χ0) is 27.1. The molecule has 1 aliphatic heterocycles. The van der Waals surface area contributed by atoms with E-state index in [-0.39, 0.29) is 23.5 Å². The zero-order valence-corrected chi connectivity index (χ0v) is 21.7. The highest BCUT2D eigenvalue weighted by molar-refractivity contribution is 7.89. The van der Waals surface area contributed by atoms with E-state index >= 15 is 0 Å². The summed E-state index contributed by atoms with van der Waals surface area (Å²) in [6.07, 6.45) is -4.25. The number of fused-ring (bicyclic) bond motifs is 1. The van der Waals surface area contributed by atoms with Gasteiger partial charge in [-0.1, -0.05) is 18.2 Å². The number of hydrogen-bond acceptors (Lipinski definition) is 6. The highest BCUT2D eigenvalue weighted by atomic mass is 32.2. The minimum atomic E-state index is -4.25. The first kappa shape index (κ1) is 27.0. The van der Waals surface area contributed by atoms with Crippen molar-refractivity contribution in [2.24, 2.45) is 12.2 Å². The molecule has 0 saturated carbocycles. The number of nitrogens with one attached hydrogen (secondary N) is 1. The number of nitrogens with zero attached hydrogens (tertiary/aromatic N) is 3. The number of pyridine rings is 1. The van der Waals surface area contributed by atoms with Crippen LogP contribution < -0.4 is 20.9 Å². The zero-order valence-electron chi connectivity index (χ0n) is 20.8. The van der Waals surface area contributed by atoms with E-state index < -0.39 is 28.8 Å². The fraction of sp³-hybridized carbons (Fsp3) is 0.400. The first-order valence-corrected chi connectivity index (χ1v) is 13.4. The Morgan fingerprint density at radius 3 is 2.32 bits per heavy atom. The molecule has 0 unspecified atom stereocenters. The third-order valence-corrected chi connectivity index (χ3v) is 7.61. The van der Waals surface area contributed by atoms with E-state index in [0.29, 0.717) is 35.4 Å². The summed E-state index contributed by atoms with van der Waals surface area (Å²) in [5.74, 6) is 0.617. The summed E-state index contributed by atoms with van der Waals surface area (Å²) < 4.78 is 64.1. The maximum atomic E-state index is 13.4. The molecule has 200 valence electrons. The topological polar surface area (TPSA) is 101 Å². The molecule has 2 heterocycles. The molecule has 1 fully saturated rings. The van der Waals surface area contributed by atoms with E-state index in [0.717, 1.165) is 11.1 Å². The highest BCUT2D eigenvalue weighted by Crippen LogP contribution is 2.31. The van der Waals surface area contributed by atoms with Crippen LogP contribution in [-0.4, -0.2) is 56.8 Å². The van der Waals surface area contributed by atoms with Gasteiger partial charge in [0, 0.05) is 44.7 Å². The molecule has 1 aromatic heterocycles. The molecule has 8 nitrogen and oxygen atoms in total. The summed E-state index contributed by atoms with van der Waals surface area (Å²) in [4.78, 5) is 16.6. The maximum Gasteiger partial charge on any atom is 0.401 e. The number of alkyl halides is 3. The van der Waals surface area contributed by atoms with Gasteiger partial charge in [-0.2, -0.15) is 13.2 Å².